The van der Waals surface area contributed by atoms with Crippen LogP contribution in [0, 0.1) is 0 Å². The van der Waals surface area contributed by atoms with Gasteiger partial charge in [0.1, 0.15) is 12.6 Å². The topological polar surface area (TPSA) is 64.6 Å². The summed E-state index contributed by atoms with van der Waals surface area (Å²) in [5.74, 6) is -1.02. The van der Waals surface area contributed by atoms with Crippen LogP contribution >= 0.6 is 0 Å². The van der Waals surface area contributed by atoms with Crippen LogP contribution in [0.3, 0.4) is 0 Å². The summed E-state index contributed by atoms with van der Waals surface area (Å²) in [5, 5.41) is 2.34. The van der Waals surface area contributed by atoms with Crippen molar-refractivity contribution in [1.82, 2.24) is 5.32 Å². The molecule has 16 heavy (non-hydrogen) atoms. The van der Waals surface area contributed by atoms with Gasteiger partial charge < -0.3 is 14.8 Å². The molecule has 0 heterocycles. The van der Waals surface area contributed by atoms with Crippen molar-refractivity contribution in [2.24, 2.45) is 0 Å². The zero-order valence-electron chi connectivity index (χ0n) is 9.16. The third-order valence-electron chi connectivity index (χ3n) is 1.65. The monoisotopic (exact) mass is 239 g/mol. The summed E-state index contributed by atoms with van der Waals surface area (Å²) in [5.41, 5.74) is 0. The molecule has 0 radical (unpaired) electrons. The maximum Gasteiger partial charge on any atom is 0.328 e. The Morgan fingerprint density at radius 3 is 2.50 bits per heavy atom. The number of halogens is 2. The second-order valence-corrected chi connectivity index (χ2v) is 3.03. The summed E-state index contributed by atoms with van der Waals surface area (Å²) in [7, 11) is 1.21. The average molecular weight is 239 g/mol. The molecule has 1 unspecified atom stereocenters. The molecule has 0 aliphatic carbocycles. The van der Waals surface area contributed by atoms with Gasteiger partial charge in [-0.05, 0) is 6.92 Å². The highest BCUT2D eigenvalue weighted by molar-refractivity contribution is 5.84. The third kappa shape index (κ3) is 7.10. The molecule has 0 aromatic rings. The number of alkyl halides is 2. The molecule has 0 saturated heterocycles. The molecule has 0 saturated carbocycles. The summed E-state index contributed by atoms with van der Waals surface area (Å²) in [4.78, 5) is 22.0. The van der Waals surface area contributed by atoms with Crippen LogP contribution in [0.4, 0.5) is 8.78 Å². The van der Waals surface area contributed by atoms with Crippen molar-refractivity contribution in [3.8, 4) is 0 Å². The molecule has 0 aromatic heterocycles. The highest BCUT2D eigenvalue weighted by atomic mass is 19.3. The molecular weight excluding hydrogens is 224 g/mol. The summed E-state index contributed by atoms with van der Waals surface area (Å²) < 4.78 is 32.2. The Morgan fingerprint density at radius 2 is 2.00 bits per heavy atom. The van der Waals surface area contributed by atoms with Crippen molar-refractivity contribution in [3.05, 3.63) is 0 Å². The Bertz CT molecular complexity index is 236. The summed E-state index contributed by atoms with van der Waals surface area (Å²) in [6.07, 6.45) is -2.62. The normalized spacial score (nSPS) is 12.3. The second-order valence-electron chi connectivity index (χ2n) is 3.03. The Morgan fingerprint density at radius 1 is 1.38 bits per heavy atom. The molecule has 7 heteroatoms. The molecule has 0 spiro atoms. The molecule has 5 nitrogen and oxygen atoms in total. The van der Waals surface area contributed by atoms with E-state index in [0.29, 0.717) is 0 Å². The van der Waals surface area contributed by atoms with Gasteiger partial charge in [-0.3, -0.25) is 4.79 Å². The highest BCUT2D eigenvalue weighted by Crippen LogP contribution is 1.94. The number of carbonyl (C=O) groups excluding carboxylic acids is 2. The number of nitrogens with one attached hydrogen (secondary N) is 1. The molecule has 0 fully saturated rings. The number of amides is 1. The molecule has 1 amide bonds. The zero-order valence-corrected chi connectivity index (χ0v) is 9.16. The van der Waals surface area contributed by atoms with Crippen LogP contribution in [0.1, 0.15) is 13.3 Å². The minimum atomic E-state index is -2.54. The van der Waals surface area contributed by atoms with Gasteiger partial charge in [0.2, 0.25) is 5.91 Å². The van der Waals surface area contributed by atoms with Crippen LogP contribution in [0.15, 0.2) is 0 Å². The van der Waals surface area contributed by atoms with E-state index in [0.717, 1.165) is 0 Å². The Kier molecular flexibility index (Phi) is 7.36. The van der Waals surface area contributed by atoms with E-state index in [4.69, 9.17) is 0 Å². The minimum absolute atomic E-state index is 0.0753. The molecular formula is C9H15F2NO4. The molecule has 0 aromatic carbocycles. The molecule has 0 aliphatic heterocycles. The van der Waals surface area contributed by atoms with Crippen LogP contribution in [0.5, 0.6) is 0 Å². The number of rotatable bonds is 7. The summed E-state index contributed by atoms with van der Waals surface area (Å²) >= 11 is 0. The van der Waals surface area contributed by atoms with Crippen LogP contribution in [-0.4, -0.2) is 44.7 Å². The first-order chi connectivity index (χ1) is 7.47. The molecule has 0 aliphatic rings. The number of hydrogen-bond donors (Lipinski definition) is 1. The third-order valence-corrected chi connectivity index (χ3v) is 1.65. The molecule has 0 bridgehead atoms. The molecule has 1 atom stereocenters. The second kappa shape index (κ2) is 7.98. The number of hydrogen-bond acceptors (Lipinski definition) is 4. The van der Waals surface area contributed by atoms with Gasteiger partial charge in [0.05, 0.1) is 13.7 Å². The van der Waals surface area contributed by atoms with Crippen molar-refractivity contribution in [2.45, 2.75) is 25.8 Å². The Labute approximate surface area is 92.1 Å². The lowest BCUT2D eigenvalue weighted by Gasteiger charge is -2.11. The van der Waals surface area contributed by atoms with Gasteiger partial charge in [0.15, 0.2) is 0 Å². The molecule has 1 N–H and O–H groups in total. The van der Waals surface area contributed by atoms with Crippen molar-refractivity contribution in [3.63, 3.8) is 0 Å². The summed E-state index contributed by atoms with van der Waals surface area (Å²) in [6, 6.07) is -0.757. The number of carbonyl (C=O) groups is 2. The van der Waals surface area contributed by atoms with Crippen LogP contribution in [0.25, 0.3) is 0 Å². The van der Waals surface area contributed by atoms with Crippen LogP contribution < -0.4 is 5.32 Å². The van der Waals surface area contributed by atoms with Crippen molar-refractivity contribution >= 4 is 11.9 Å². The fourth-order valence-electron chi connectivity index (χ4n) is 0.887. The fourth-order valence-corrected chi connectivity index (χ4v) is 0.887. The van der Waals surface area contributed by atoms with E-state index in [1.807, 2.05) is 0 Å². The predicted molar refractivity (Wildman–Crippen MR) is 51.1 cm³/mol. The van der Waals surface area contributed by atoms with Crippen molar-refractivity contribution in [2.75, 3.05) is 20.3 Å². The van der Waals surface area contributed by atoms with Crippen LogP contribution in [0.2, 0.25) is 0 Å². The van der Waals surface area contributed by atoms with Gasteiger partial charge in [-0.15, -0.1) is 0 Å². The molecule has 0 rings (SSSR count). The maximum absolute atomic E-state index is 11.6. The Balaban J connectivity index is 3.62. The first-order valence-corrected chi connectivity index (χ1v) is 4.70. The standard InChI is InChI=1S/C9H15F2NO4/c1-6(9(14)15-2)12-8(13)3-4-16-5-7(10)11/h6-7H,3-5H2,1-2H3,(H,12,13). The summed E-state index contributed by atoms with van der Waals surface area (Å²) in [6.45, 7) is 0.660. The number of ether oxygens (including phenoxy) is 2. The fraction of sp³-hybridized carbons (Fsp3) is 0.778. The quantitative estimate of drug-likeness (QED) is 0.514. The van der Waals surface area contributed by atoms with E-state index < -0.39 is 31.0 Å². The van der Waals surface area contributed by atoms with E-state index in [-0.39, 0.29) is 13.0 Å². The van der Waals surface area contributed by atoms with E-state index in [1.54, 1.807) is 0 Å². The molecule has 94 valence electrons. The van der Waals surface area contributed by atoms with Gasteiger partial charge in [0.25, 0.3) is 6.43 Å². The lowest BCUT2D eigenvalue weighted by atomic mass is 10.3. The van der Waals surface area contributed by atoms with Gasteiger partial charge in [-0.1, -0.05) is 0 Å². The SMILES string of the molecule is COC(=O)C(C)NC(=O)CCOCC(F)F. The largest absolute Gasteiger partial charge is 0.467 e. The Hall–Kier alpha value is -1.24. The van der Waals surface area contributed by atoms with E-state index in [9.17, 15) is 18.4 Å². The van der Waals surface area contributed by atoms with Crippen molar-refractivity contribution in [1.29, 1.82) is 0 Å². The number of esters is 1. The minimum Gasteiger partial charge on any atom is -0.467 e. The van der Waals surface area contributed by atoms with Crippen LogP contribution in [-0.2, 0) is 19.1 Å². The van der Waals surface area contributed by atoms with Crippen molar-refractivity contribution < 1.29 is 27.8 Å². The zero-order chi connectivity index (χ0) is 12.6. The predicted octanol–water partition coefficient (Wildman–Crippen LogP) is 0.336. The van der Waals surface area contributed by atoms with E-state index in [1.165, 1.54) is 14.0 Å². The smallest absolute Gasteiger partial charge is 0.328 e. The van der Waals surface area contributed by atoms with Gasteiger partial charge in [-0.25, -0.2) is 13.6 Å². The number of methoxy groups -OCH3 is 1. The van der Waals surface area contributed by atoms with E-state index >= 15 is 0 Å². The maximum atomic E-state index is 11.6. The average Bonchev–Trinajstić information content (AvgIpc) is 2.22. The van der Waals surface area contributed by atoms with Gasteiger partial charge in [0, 0.05) is 6.42 Å². The lowest BCUT2D eigenvalue weighted by molar-refractivity contribution is -0.144. The first-order valence-electron chi connectivity index (χ1n) is 4.70. The lowest BCUT2D eigenvalue weighted by Crippen LogP contribution is -2.39. The highest BCUT2D eigenvalue weighted by Gasteiger charge is 2.15. The van der Waals surface area contributed by atoms with Gasteiger partial charge >= 0.3 is 5.97 Å². The van der Waals surface area contributed by atoms with Gasteiger partial charge in [-0.2, -0.15) is 0 Å². The first kappa shape index (κ1) is 14.8. The van der Waals surface area contributed by atoms with E-state index in [2.05, 4.69) is 14.8 Å².